The molecule has 0 spiro atoms. The molecule has 4 unspecified atom stereocenters. The van der Waals surface area contributed by atoms with E-state index in [0.29, 0.717) is 26.2 Å². The van der Waals surface area contributed by atoms with Crippen LogP contribution in [-0.4, -0.2) is 59.9 Å². The standard InChI is InChI=1S/2C15H30N2O2.C10H16/c2*1-4-6-8-10-12-16-15(19)17(14(3)18)13-11-9-7-5-2;1-2-9-7-4-5-8(6-7)10(9)3-1/h2*4-13H2,1-3H3,(H,16,19);7-10H,1-6H2. The SMILES string of the molecule is C1CC2C3CCC(C3)C2C1.CCCCCCNC(=O)N(CCCCCC)C(C)=O.CCCCCCNC(=O)N(CCCCCC)C(C)=O. The van der Waals surface area contributed by atoms with Crippen LogP contribution in [0.4, 0.5) is 9.59 Å². The smallest absolute Gasteiger partial charge is 0.324 e. The van der Waals surface area contributed by atoms with Gasteiger partial charge >= 0.3 is 12.1 Å². The first-order chi connectivity index (χ1) is 23.2. The van der Waals surface area contributed by atoms with E-state index in [-0.39, 0.29) is 23.9 Å². The van der Waals surface area contributed by atoms with E-state index in [1.807, 2.05) is 0 Å². The number of rotatable bonds is 20. The summed E-state index contributed by atoms with van der Waals surface area (Å²) in [5, 5.41) is 5.66. The van der Waals surface area contributed by atoms with E-state index >= 15 is 0 Å². The monoisotopic (exact) mass is 677 g/mol. The molecule has 4 atom stereocenters. The van der Waals surface area contributed by atoms with Gasteiger partial charge < -0.3 is 10.6 Å². The van der Waals surface area contributed by atoms with Crippen molar-refractivity contribution in [2.75, 3.05) is 26.2 Å². The number of nitrogens with zero attached hydrogens (tertiary/aromatic N) is 2. The average molecular weight is 677 g/mol. The van der Waals surface area contributed by atoms with Gasteiger partial charge in [0.05, 0.1) is 0 Å². The van der Waals surface area contributed by atoms with Gasteiger partial charge in [0, 0.05) is 40.0 Å². The summed E-state index contributed by atoms with van der Waals surface area (Å²) in [5.41, 5.74) is 0. The number of carbonyl (C=O) groups excluding carboxylic acids is 4. The molecule has 3 aliphatic carbocycles. The highest BCUT2D eigenvalue weighted by Gasteiger charge is 2.48. The third kappa shape index (κ3) is 18.0. The van der Waals surface area contributed by atoms with Crippen molar-refractivity contribution in [3.8, 4) is 0 Å². The van der Waals surface area contributed by atoms with Crippen molar-refractivity contribution in [2.24, 2.45) is 23.7 Å². The molecule has 0 heterocycles. The summed E-state index contributed by atoms with van der Waals surface area (Å²) in [6, 6.07) is -0.471. The zero-order valence-electron chi connectivity index (χ0n) is 32.2. The summed E-state index contributed by atoms with van der Waals surface area (Å²) in [4.78, 5) is 49.3. The lowest BCUT2D eigenvalue weighted by molar-refractivity contribution is -0.127. The van der Waals surface area contributed by atoms with E-state index < -0.39 is 0 Å². The van der Waals surface area contributed by atoms with Crippen LogP contribution >= 0.6 is 0 Å². The fraction of sp³-hybridized carbons (Fsp3) is 0.900. The van der Waals surface area contributed by atoms with Crippen LogP contribution in [0.15, 0.2) is 0 Å². The second kappa shape index (κ2) is 27.7. The molecule has 0 aromatic rings. The Morgan fingerprint density at radius 3 is 1.19 bits per heavy atom. The Balaban J connectivity index is 0.000000374. The minimum absolute atomic E-state index is 0.164. The maximum atomic E-state index is 11.9. The lowest BCUT2D eigenvalue weighted by atomic mass is 9.82. The second-order valence-electron chi connectivity index (χ2n) is 14.6. The molecule has 3 rings (SSSR count). The molecule has 0 aliphatic heterocycles. The molecule has 6 amide bonds. The lowest BCUT2D eigenvalue weighted by Crippen LogP contribution is -2.43. The first-order valence-electron chi connectivity index (χ1n) is 20.3. The molecule has 0 aromatic heterocycles. The number of amides is 6. The van der Waals surface area contributed by atoms with Gasteiger partial charge in [0.15, 0.2) is 0 Å². The van der Waals surface area contributed by atoms with E-state index in [2.05, 4.69) is 38.3 Å². The summed E-state index contributed by atoms with van der Waals surface area (Å²) in [7, 11) is 0. The third-order valence-electron chi connectivity index (χ3n) is 10.7. The van der Waals surface area contributed by atoms with Crippen LogP contribution in [0.25, 0.3) is 0 Å². The van der Waals surface area contributed by atoms with Gasteiger partial charge in [-0.1, -0.05) is 111 Å². The number of hydrogen-bond donors (Lipinski definition) is 2. The molecule has 8 heteroatoms. The number of carbonyl (C=O) groups is 4. The zero-order chi connectivity index (χ0) is 35.6. The van der Waals surface area contributed by atoms with Gasteiger partial charge in [0.25, 0.3) is 0 Å². The number of hydrogen-bond acceptors (Lipinski definition) is 4. The molecule has 3 fully saturated rings. The summed E-state index contributed by atoms with van der Waals surface area (Å²) in [5.74, 6) is 4.47. The molecule has 2 N–H and O–H groups in total. The molecule has 2 bridgehead atoms. The van der Waals surface area contributed by atoms with Crippen molar-refractivity contribution < 1.29 is 19.2 Å². The van der Waals surface area contributed by atoms with Crippen molar-refractivity contribution in [3.63, 3.8) is 0 Å². The van der Waals surface area contributed by atoms with E-state index in [0.717, 1.165) is 77.0 Å². The molecular formula is C40H76N4O4. The van der Waals surface area contributed by atoms with E-state index in [9.17, 15) is 19.2 Å². The summed E-state index contributed by atoms with van der Waals surface area (Å²) < 4.78 is 0. The third-order valence-corrected chi connectivity index (χ3v) is 10.7. The van der Waals surface area contributed by atoms with E-state index in [1.165, 1.54) is 73.0 Å². The van der Waals surface area contributed by atoms with Crippen molar-refractivity contribution in [2.45, 2.75) is 183 Å². The highest BCUT2D eigenvalue weighted by atomic mass is 16.2. The van der Waals surface area contributed by atoms with Gasteiger partial charge in [-0.05, 0) is 81.5 Å². The molecule has 0 aromatic carbocycles. The van der Waals surface area contributed by atoms with Crippen LogP contribution in [0.3, 0.4) is 0 Å². The van der Waals surface area contributed by atoms with Crippen LogP contribution in [0.2, 0.25) is 0 Å². The molecule has 48 heavy (non-hydrogen) atoms. The molecule has 0 radical (unpaired) electrons. The van der Waals surface area contributed by atoms with Crippen LogP contribution in [-0.2, 0) is 9.59 Å². The highest BCUT2D eigenvalue weighted by molar-refractivity contribution is 5.93. The maximum Gasteiger partial charge on any atom is 0.324 e. The number of unbranched alkanes of at least 4 members (excludes halogenated alkanes) is 12. The van der Waals surface area contributed by atoms with Crippen molar-refractivity contribution in [1.82, 2.24) is 20.4 Å². The van der Waals surface area contributed by atoms with Gasteiger partial charge in [-0.15, -0.1) is 0 Å². The predicted molar refractivity (Wildman–Crippen MR) is 200 cm³/mol. The Bertz CT molecular complexity index is 813. The fourth-order valence-corrected chi connectivity index (χ4v) is 7.90. The van der Waals surface area contributed by atoms with E-state index in [4.69, 9.17) is 0 Å². The highest BCUT2D eigenvalue weighted by Crippen LogP contribution is 2.58. The van der Waals surface area contributed by atoms with Crippen LogP contribution < -0.4 is 10.6 Å². The molecule has 3 saturated carbocycles. The van der Waals surface area contributed by atoms with Gasteiger partial charge in [-0.25, -0.2) is 9.59 Å². The van der Waals surface area contributed by atoms with Crippen LogP contribution in [0.1, 0.15) is 183 Å². The van der Waals surface area contributed by atoms with Crippen molar-refractivity contribution in [3.05, 3.63) is 0 Å². The minimum atomic E-state index is -0.236. The largest absolute Gasteiger partial charge is 0.338 e. The Kier molecular flexibility index (Phi) is 25.3. The number of urea groups is 2. The molecule has 280 valence electrons. The quantitative estimate of drug-likeness (QED) is 0.125. The zero-order valence-corrected chi connectivity index (χ0v) is 32.2. The summed E-state index contributed by atoms with van der Waals surface area (Å²) in [6.45, 7) is 13.9. The molecule has 8 nitrogen and oxygen atoms in total. The number of fused-ring (bicyclic) bond motifs is 5. The minimum Gasteiger partial charge on any atom is -0.338 e. The summed E-state index contributed by atoms with van der Waals surface area (Å²) >= 11 is 0. The van der Waals surface area contributed by atoms with Gasteiger partial charge in [0.2, 0.25) is 11.8 Å². The van der Waals surface area contributed by atoms with Gasteiger partial charge in [0.1, 0.15) is 0 Å². The van der Waals surface area contributed by atoms with Crippen molar-refractivity contribution in [1.29, 1.82) is 0 Å². The van der Waals surface area contributed by atoms with Crippen molar-refractivity contribution >= 4 is 23.9 Å². The number of nitrogens with one attached hydrogen (secondary N) is 2. The normalized spacial score (nSPS) is 20.1. The first kappa shape index (κ1) is 43.9. The Morgan fingerprint density at radius 2 is 0.854 bits per heavy atom. The van der Waals surface area contributed by atoms with Crippen LogP contribution in [0, 0.1) is 23.7 Å². The average Bonchev–Trinajstić information content (AvgIpc) is 3.82. The topological polar surface area (TPSA) is 98.8 Å². The maximum absolute atomic E-state index is 11.9. The van der Waals surface area contributed by atoms with Crippen LogP contribution in [0.5, 0.6) is 0 Å². The molecule has 3 aliphatic rings. The first-order valence-corrected chi connectivity index (χ1v) is 20.3. The fourth-order valence-electron chi connectivity index (χ4n) is 7.90. The lowest BCUT2D eigenvalue weighted by Gasteiger charge is -2.23. The molecule has 0 saturated heterocycles. The second-order valence-corrected chi connectivity index (χ2v) is 14.6. The van der Waals surface area contributed by atoms with Gasteiger partial charge in [-0.3, -0.25) is 19.4 Å². The molecular weight excluding hydrogens is 600 g/mol. The summed E-state index contributed by atoms with van der Waals surface area (Å²) in [6.07, 6.45) is 27.1. The predicted octanol–water partition coefficient (Wildman–Crippen LogP) is 10.2. The van der Waals surface area contributed by atoms with Gasteiger partial charge in [-0.2, -0.15) is 0 Å². The number of imide groups is 2. The Hall–Kier alpha value is -2.12. The Morgan fingerprint density at radius 1 is 0.500 bits per heavy atom. The Labute approximate surface area is 295 Å². The van der Waals surface area contributed by atoms with E-state index in [1.54, 1.807) is 38.5 Å².